The summed E-state index contributed by atoms with van der Waals surface area (Å²) in [5.41, 5.74) is -1.72. The summed E-state index contributed by atoms with van der Waals surface area (Å²) in [7, 11) is 0. The molecule has 210 valence electrons. The highest BCUT2D eigenvalue weighted by atomic mass is 16.6. The number of likely N-dealkylation sites (tertiary alicyclic amines) is 1. The Labute approximate surface area is 230 Å². The van der Waals surface area contributed by atoms with Crippen LogP contribution < -0.4 is 0 Å². The van der Waals surface area contributed by atoms with E-state index in [9.17, 15) is 19.5 Å². The molecular formula is C31H40N2O6. The Morgan fingerprint density at radius 2 is 1.82 bits per heavy atom. The van der Waals surface area contributed by atoms with Crippen LogP contribution in [0.5, 0.6) is 0 Å². The van der Waals surface area contributed by atoms with E-state index in [1.165, 1.54) is 4.90 Å². The van der Waals surface area contributed by atoms with E-state index in [0.717, 1.165) is 37.7 Å². The molecule has 1 spiro atoms. The van der Waals surface area contributed by atoms with Crippen LogP contribution in [0.1, 0.15) is 64.0 Å². The third kappa shape index (κ3) is 4.51. The highest BCUT2D eigenvalue weighted by molar-refractivity contribution is 5.99. The van der Waals surface area contributed by atoms with Crippen molar-refractivity contribution in [3.05, 3.63) is 60.2 Å². The lowest BCUT2D eigenvalue weighted by atomic mass is 9.73. The molecule has 6 atom stereocenters. The lowest BCUT2D eigenvalue weighted by Gasteiger charge is -2.41. The molecule has 1 N–H and O–H groups in total. The number of benzene rings is 1. The van der Waals surface area contributed by atoms with Crippen LogP contribution in [-0.2, 0) is 23.9 Å². The molecular weight excluding hydrogens is 496 g/mol. The number of rotatable bonds is 7. The Morgan fingerprint density at radius 1 is 1.03 bits per heavy atom. The second kappa shape index (κ2) is 11.3. The maximum Gasteiger partial charge on any atom is 0.313 e. The summed E-state index contributed by atoms with van der Waals surface area (Å²) in [6.45, 7) is 4.89. The summed E-state index contributed by atoms with van der Waals surface area (Å²) < 4.78 is 12.7. The Bertz CT molecular complexity index is 1140. The maximum absolute atomic E-state index is 14.6. The molecule has 0 saturated carbocycles. The fourth-order valence-corrected chi connectivity index (χ4v) is 6.94. The number of nitrogens with zero attached hydrogens (tertiary/aromatic N) is 2. The van der Waals surface area contributed by atoms with Gasteiger partial charge in [0.15, 0.2) is 0 Å². The molecule has 8 heteroatoms. The van der Waals surface area contributed by atoms with E-state index < -0.39 is 41.1 Å². The van der Waals surface area contributed by atoms with Crippen LogP contribution in [0.25, 0.3) is 0 Å². The summed E-state index contributed by atoms with van der Waals surface area (Å²) in [6.07, 6.45) is 12.4. The lowest BCUT2D eigenvalue weighted by molar-refractivity contribution is -0.163. The number of amides is 2. The molecule has 8 nitrogen and oxygen atoms in total. The molecule has 0 radical (unpaired) electrons. The standard InChI is InChI=1S/C31H40N2O6/c1-3-5-18-32-19-13-17-31-24(25-29(37)38-20-12-7-6-11-16-30(25,4-2)39-31)27(35)33(26(31)28(32)36)23(21-34)22-14-9-8-10-15-22/h8-11,13-17,23-26,34H,3-7,12,18-21H2,1-2H3/b16-11-/t23-,24+,25+,26?,30-,31+/m1/s1. The highest BCUT2D eigenvalue weighted by Crippen LogP contribution is 2.59. The SMILES string of the molecule is CCCCN1CC=C[C@]23O[C@]4(CC)/C=C\CCCCOC(=O)[C@@H]4[C@H]2C(=O)N([C@H](CO)c2ccccc2)C3C1=O. The number of hydrogen-bond acceptors (Lipinski definition) is 6. The first-order valence-corrected chi connectivity index (χ1v) is 14.4. The Morgan fingerprint density at radius 3 is 2.54 bits per heavy atom. The van der Waals surface area contributed by atoms with Crippen LogP contribution in [0.2, 0.25) is 0 Å². The number of esters is 1. The molecule has 0 bridgehead atoms. The van der Waals surface area contributed by atoms with Crippen LogP contribution >= 0.6 is 0 Å². The number of unbranched alkanes of at least 4 members (excludes halogenated alkanes) is 1. The summed E-state index contributed by atoms with van der Waals surface area (Å²) in [5, 5.41) is 10.6. The zero-order valence-electron chi connectivity index (χ0n) is 23.0. The van der Waals surface area contributed by atoms with Gasteiger partial charge in [0.05, 0.1) is 25.2 Å². The second-order valence-electron chi connectivity index (χ2n) is 11.1. The minimum absolute atomic E-state index is 0.217. The molecule has 2 amide bonds. The Balaban J connectivity index is 1.69. The first kappa shape index (κ1) is 27.6. The highest BCUT2D eigenvalue weighted by Gasteiger charge is 2.75. The van der Waals surface area contributed by atoms with Gasteiger partial charge in [0.2, 0.25) is 11.8 Å². The third-order valence-electron chi connectivity index (χ3n) is 8.88. The van der Waals surface area contributed by atoms with Gasteiger partial charge in [0, 0.05) is 13.1 Å². The van der Waals surface area contributed by atoms with Gasteiger partial charge in [-0.1, -0.05) is 74.9 Å². The van der Waals surface area contributed by atoms with Crippen molar-refractivity contribution in [2.75, 3.05) is 26.3 Å². The van der Waals surface area contributed by atoms with Gasteiger partial charge in [0.25, 0.3) is 0 Å². The van der Waals surface area contributed by atoms with E-state index in [0.29, 0.717) is 19.5 Å². The predicted octanol–water partition coefficient (Wildman–Crippen LogP) is 3.56. The van der Waals surface area contributed by atoms with E-state index in [-0.39, 0.29) is 25.0 Å². The van der Waals surface area contributed by atoms with Gasteiger partial charge in [0.1, 0.15) is 23.2 Å². The number of cyclic esters (lactones) is 1. The van der Waals surface area contributed by atoms with E-state index in [1.54, 1.807) is 4.90 Å². The summed E-state index contributed by atoms with van der Waals surface area (Å²) in [4.78, 5) is 46.0. The summed E-state index contributed by atoms with van der Waals surface area (Å²) >= 11 is 0. The van der Waals surface area contributed by atoms with Gasteiger partial charge in [-0.15, -0.1) is 0 Å². The number of hydrogen-bond donors (Lipinski definition) is 1. The minimum Gasteiger partial charge on any atom is -0.465 e. The molecule has 4 aliphatic heterocycles. The molecule has 0 aliphatic carbocycles. The van der Waals surface area contributed by atoms with Gasteiger partial charge in [-0.05, 0) is 37.7 Å². The van der Waals surface area contributed by atoms with Gasteiger partial charge < -0.3 is 24.4 Å². The van der Waals surface area contributed by atoms with Crippen LogP contribution in [-0.4, -0.2) is 76.2 Å². The first-order valence-electron chi connectivity index (χ1n) is 14.4. The van der Waals surface area contributed by atoms with Crippen molar-refractivity contribution in [1.29, 1.82) is 0 Å². The number of aliphatic hydroxyl groups is 1. The Hall–Kier alpha value is -2.97. The van der Waals surface area contributed by atoms with Crippen molar-refractivity contribution in [3.8, 4) is 0 Å². The van der Waals surface area contributed by atoms with Crippen molar-refractivity contribution in [2.45, 2.75) is 75.7 Å². The molecule has 5 rings (SSSR count). The number of aliphatic hydroxyl groups excluding tert-OH is 1. The first-order chi connectivity index (χ1) is 18.9. The molecule has 1 aromatic rings. The number of allylic oxidation sites excluding steroid dienone is 1. The van der Waals surface area contributed by atoms with E-state index in [2.05, 4.69) is 6.92 Å². The average molecular weight is 537 g/mol. The van der Waals surface area contributed by atoms with Gasteiger partial charge in [-0.2, -0.15) is 0 Å². The van der Waals surface area contributed by atoms with E-state index in [4.69, 9.17) is 9.47 Å². The van der Waals surface area contributed by atoms with Gasteiger partial charge >= 0.3 is 5.97 Å². The Kier molecular flexibility index (Phi) is 7.96. The number of fused-ring (bicyclic) bond motifs is 2. The largest absolute Gasteiger partial charge is 0.465 e. The van der Waals surface area contributed by atoms with Crippen LogP contribution in [0, 0.1) is 11.8 Å². The maximum atomic E-state index is 14.6. The zero-order chi connectivity index (χ0) is 27.6. The molecule has 4 aliphatic rings. The van der Waals surface area contributed by atoms with Crippen molar-refractivity contribution in [3.63, 3.8) is 0 Å². The normalized spacial score (nSPS) is 34.1. The minimum atomic E-state index is -1.37. The smallest absolute Gasteiger partial charge is 0.313 e. The molecule has 1 aromatic carbocycles. The van der Waals surface area contributed by atoms with Crippen molar-refractivity contribution in [2.24, 2.45) is 11.8 Å². The van der Waals surface area contributed by atoms with Crippen molar-refractivity contribution in [1.82, 2.24) is 9.80 Å². The topological polar surface area (TPSA) is 96.4 Å². The number of carbonyl (C=O) groups is 3. The third-order valence-corrected chi connectivity index (χ3v) is 8.88. The fourth-order valence-electron chi connectivity index (χ4n) is 6.94. The van der Waals surface area contributed by atoms with Gasteiger partial charge in [-0.25, -0.2) is 0 Å². The van der Waals surface area contributed by atoms with E-state index in [1.807, 2.05) is 61.6 Å². The monoisotopic (exact) mass is 536 g/mol. The quantitative estimate of drug-likeness (QED) is 0.423. The molecule has 0 aromatic heterocycles. The predicted molar refractivity (Wildman–Crippen MR) is 145 cm³/mol. The van der Waals surface area contributed by atoms with Crippen LogP contribution in [0.3, 0.4) is 0 Å². The molecule has 2 saturated heterocycles. The fraction of sp³-hybridized carbons (Fsp3) is 0.581. The molecule has 2 fully saturated rings. The van der Waals surface area contributed by atoms with Gasteiger partial charge in [-0.3, -0.25) is 14.4 Å². The van der Waals surface area contributed by atoms with Crippen LogP contribution in [0.4, 0.5) is 0 Å². The van der Waals surface area contributed by atoms with E-state index >= 15 is 0 Å². The molecule has 39 heavy (non-hydrogen) atoms. The van der Waals surface area contributed by atoms with Crippen molar-refractivity contribution < 1.29 is 29.0 Å². The zero-order valence-corrected chi connectivity index (χ0v) is 23.0. The summed E-state index contributed by atoms with van der Waals surface area (Å²) in [6, 6.07) is 7.47. The second-order valence-corrected chi connectivity index (χ2v) is 11.1. The summed E-state index contributed by atoms with van der Waals surface area (Å²) in [5.74, 6) is -2.91. The lowest BCUT2D eigenvalue weighted by Crippen LogP contribution is -2.57. The average Bonchev–Trinajstić information content (AvgIpc) is 3.31. The number of ether oxygens (including phenoxy) is 2. The molecule has 1 unspecified atom stereocenters. The molecule has 4 heterocycles. The number of carbonyl (C=O) groups excluding carboxylic acids is 3. The van der Waals surface area contributed by atoms with Crippen LogP contribution in [0.15, 0.2) is 54.6 Å². The van der Waals surface area contributed by atoms with Crippen molar-refractivity contribution >= 4 is 17.8 Å².